The van der Waals surface area contributed by atoms with Gasteiger partial charge in [0, 0.05) is 19.2 Å². The van der Waals surface area contributed by atoms with Gasteiger partial charge in [-0.2, -0.15) is 0 Å². The molecular weight excluding hydrogens is 246 g/mol. The fourth-order valence-electron chi connectivity index (χ4n) is 2.39. The molecule has 0 unspecified atom stereocenters. The van der Waals surface area contributed by atoms with Gasteiger partial charge in [-0.3, -0.25) is 0 Å². The Labute approximate surface area is 111 Å². The lowest BCUT2D eigenvalue weighted by Gasteiger charge is -2.21. The number of nitrogens with zero attached hydrogens (tertiary/aromatic N) is 3. The minimum atomic E-state index is 0.498. The summed E-state index contributed by atoms with van der Waals surface area (Å²) in [6, 6.07) is 10.4. The maximum atomic E-state index is 5.93. The van der Waals surface area contributed by atoms with Crippen LogP contribution in [0, 0.1) is 0 Å². The van der Waals surface area contributed by atoms with Crippen LogP contribution < -0.4 is 4.90 Å². The number of hydrogen-bond donors (Lipinski definition) is 0. The molecule has 0 saturated carbocycles. The zero-order valence-electron chi connectivity index (χ0n) is 10.0. The topological polar surface area (TPSA) is 29.0 Å². The second-order valence-corrected chi connectivity index (χ2v) is 4.88. The highest BCUT2D eigenvalue weighted by atomic mass is 35.5. The number of aromatic nitrogens is 2. The Morgan fingerprint density at radius 2 is 1.94 bits per heavy atom. The molecule has 0 saturated heterocycles. The van der Waals surface area contributed by atoms with Gasteiger partial charge in [0.05, 0.1) is 0 Å². The summed E-state index contributed by atoms with van der Waals surface area (Å²) in [5, 5.41) is 0.498. The van der Waals surface area contributed by atoms with Gasteiger partial charge < -0.3 is 4.90 Å². The quantitative estimate of drug-likeness (QED) is 0.737. The maximum Gasteiger partial charge on any atom is 0.134 e. The molecule has 3 nitrogen and oxygen atoms in total. The van der Waals surface area contributed by atoms with Crippen molar-refractivity contribution in [1.29, 1.82) is 0 Å². The second-order valence-electron chi connectivity index (χ2n) is 4.49. The molecule has 0 spiro atoms. The zero-order chi connectivity index (χ0) is 12.4. The van der Waals surface area contributed by atoms with Crippen LogP contribution in [-0.2, 0) is 13.0 Å². The summed E-state index contributed by atoms with van der Waals surface area (Å²) >= 11 is 5.93. The first-order chi connectivity index (χ1) is 8.83. The van der Waals surface area contributed by atoms with Crippen molar-refractivity contribution in [3.05, 3.63) is 52.9 Å². The Morgan fingerprint density at radius 1 is 1.11 bits per heavy atom. The van der Waals surface area contributed by atoms with Crippen molar-refractivity contribution in [2.45, 2.75) is 19.4 Å². The van der Waals surface area contributed by atoms with Crippen molar-refractivity contribution in [1.82, 2.24) is 9.97 Å². The summed E-state index contributed by atoms with van der Waals surface area (Å²) in [5.41, 5.74) is 2.82. The normalized spacial score (nSPS) is 15.1. The molecule has 0 fully saturated rings. The Hall–Kier alpha value is -1.61. The first-order valence-corrected chi connectivity index (χ1v) is 6.50. The summed E-state index contributed by atoms with van der Waals surface area (Å²) in [5.74, 6) is 0.909. The number of aryl methyl sites for hydroxylation is 1. The lowest BCUT2D eigenvalue weighted by atomic mass is 10.0. The molecule has 3 rings (SSSR count). The molecule has 1 aromatic carbocycles. The van der Waals surface area contributed by atoms with Crippen molar-refractivity contribution in [3.63, 3.8) is 0 Å². The highest BCUT2D eigenvalue weighted by Gasteiger charge is 2.15. The van der Waals surface area contributed by atoms with Crippen LogP contribution in [0.25, 0.3) is 0 Å². The van der Waals surface area contributed by atoms with Crippen molar-refractivity contribution in [3.8, 4) is 0 Å². The lowest BCUT2D eigenvalue weighted by molar-refractivity contribution is 0.753. The van der Waals surface area contributed by atoms with Gasteiger partial charge in [0.1, 0.15) is 17.3 Å². The highest BCUT2D eigenvalue weighted by Crippen LogP contribution is 2.23. The van der Waals surface area contributed by atoms with Gasteiger partial charge in [0.15, 0.2) is 0 Å². The molecule has 0 aliphatic carbocycles. The van der Waals surface area contributed by atoms with E-state index in [4.69, 9.17) is 11.6 Å². The molecule has 1 aliphatic rings. The van der Waals surface area contributed by atoms with Crippen LogP contribution in [-0.4, -0.2) is 16.5 Å². The summed E-state index contributed by atoms with van der Waals surface area (Å²) in [6.07, 6.45) is 3.79. The summed E-state index contributed by atoms with van der Waals surface area (Å²) in [6.45, 7) is 1.89. The molecule has 0 radical (unpaired) electrons. The predicted octanol–water partition coefficient (Wildman–Crippen LogP) is 3.08. The molecule has 1 aromatic heterocycles. The molecule has 92 valence electrons. The molecule has 18 heavy (non-hydrogen) atoms. The van der Waals surface area contributed by atoms with Crippen molar-refractivity contribution in [2.75, 3.05) is 11.4 Å². The average Bonchev–Trinajstić information content (AvgIpc) is 2.60. The molecule has 4 heteroatoms. The van der Waals surface area contributed by atoms with Crippen LogP contribution in [0.4, 0.5) is 5.82 Å². The van der Waals surface area contributed by atoms with E-state index in [1.165, 1.54) is 17.5 Å². The number of fused-ring (bicyclic) bond motifs is 1. The van der Waals surface area contributed by atoms with Crippen molar-refractivity contribution in [2.24, 2.45) is 0 Å². The molecular formula is C14H14ClN3. The lowest BCUT2D eigenvalue weighted by Crippen LogP contribution is -2.23. The van der Waals surface area contributed by atoms with E-state index in [9.17, 15) is 0 Å². The van der Waals surface area contributed by atoms with Gasteiger partial charge in [-0.1, -0.05) is 35.9 Å². The Kier molecular flexibility index (Phi) is 3.15. The molecule has 2 heterocycles. The average molecular weight is 260 g/mol. The number of rotatable bonds is 1. The summed E-state index contributed by atoms with van der Waals surface area (Å²) < 4.78 is 0. The van der Waals surface area contributed by atoms with Gasteiger partial charge in [0.2, 0.25) is 0 Å². The molecule has 0 atom stereocenters. The van der Waals surface area contributed by atoms with Crippen molar-refractivity contribution < 1.29 is 0 Å². The molecule has 0 amide bonds. The van der Waals surface area contributed by atoms with Gasteiger partial charge in [-0.05, 0) is 24.0 Å². The van der Waals surface area contributed by atoms with E-state index < -0.39 is 0 Å². The monoisotopic (exact) mass is 259 g/mol. The Balaban J connectivity index is 1.91. The van der Waals surface area contributed by atoms with Crippen LogP contribution in [0.2, 0.25) is 5.15 Å². The first kappa shape index (κ1) is 11.5. The highest BCUT2D eigenvalue weighted by molar-refractivity contribution is 6.29. The Bertz CT molecular complexity index is 556. The smallest absolute Gasteiger partial charge is 0.134 e. The van der Waals surface area contributed by atoms with Gasteiger partial charge in [-0.15, -0.1) is 0 Å². The van der Waals surface area contributed by atoms with E-state index in [2.05, 4.69) is 39.1 Å². The largest absolute Gasteiger partial charge is 0.352 e. The molecule has 0 bridgehead atoms. The van der Waals surface area contributed by atoms with Crippen LogP contribution in [0.3, 0.4) is 0 Å². The third kappa shape index (κ3) is 2.31. The summed E-state index contributed by atoms with van der Waals surface area (Å²) in [4.78, 5) is 10.5. The van der Waals surface area contributed by atoms with E-state index >= 15 is 0 Å². The Morgan fingerprint density at radius 3 is 2.78 bits per heavy atom. The van der Waals surface area contributed by atoms with E-state index in [0.29, 0.717) is 5.15 Å². The fourth-order valence-corrected chi connectivity index (χ4v) is 2.53. The second kappa shape index (κ2) is 4.94. The van der Waals surface area contributed by atoms with Crippen LogP contribution in [0.1, 0.15) is 17.5 Å². The van der Waals surface area contributed by atoms with Gasteiger partial charge in [-0.25, -0.2) is 9.97 Å². The number of hydrogen-bond acceptors (Lipinski definition) is 3. The van der Waals surface area contributed by atoms with Gasteiger partial charge in [0.25, 0.3) is 0 Å². The first-order valence-electron chi connectivity index (χ1n) is 6.12. The predicted molar refractivity (Wildman–Crippen MR) is 72.9 cm³/mol. The standard InChI is InChI=1S/C14H14ClN3/c15-13-8-14(17-10-16-13)18-7-3-6-11-4-1-2-5-12(11)9-18/h1-2,4-5,8,10H,3,6-7,9H2. The SMILES string of the molecule is Clc1cc(N2CCCc3ccccc3C2)ncn1. The van der Waals surface area contributed by atoms with Gasteiger partial charge >= 0.3 is 0 Å². The van der Waals surface area contributed by atoms with Crippen molar-refractivity contribution >= 4 is 17.4 Å². The molecule has 1 aliphatic heterocycles. The minimum absolute atomic E-state index is 0.498. The number of benzene rings is 1. The van der Waals surface area contributed by atoms with E-state index in [-0.39, 0.29) is 0 Å². The van der Waals surface area contributed by atoms with E-state index in [0.717, 1.165) is 31.7 Å². The molecule has 0 N–H and O–H groups in total. The third-order valence-electron chi connectivity index (χ3n) is 3.30. The van der Waals surface area contributed by atoms with Crippen LogP contribution in [0.5, 0.6) is 0 Å². The minimum Gasteiger partial charge on any atom is -0.352 e. The van der Waals surface area contributed by atoms with Crippen LogP contribution in [0.15, 0.2) is 36.7 Å². The van der Waals surface area contributed by atoms with E-state index in [1.807, 2.05) is 6.07 Å². The third-order valence-corrected chi connectivity index (χ3v) is 3.50. The zero-order valence-corrected chi connectivity index (χ0v) is 10.8. The van der Waals surface area contributed by atoms with E-state index in [1.54, 1.807) is 0 Å². The molecule has 2 aromatic rings. The number of halogens is 1. The fraction of sp³-hybridized carbons (Fsp3) is 0.286. The maximum absolute atomic E-state index is 5.93. The number of anilines is 1. The van der Waals surface area contributed by atoms with Crippen LogP contribution >= 0.6 is 11.6 Å². The summed E-state index contributed by atoms with van der Waals surface area (Å²) in [7, 11) is 0.